The van der Waals surface area contributed by atoms with Gasteiger partial charge in [-0.25, -0.2) is 13.4 Å². The van der Waals surface area contributed by atoms with E-state index in [0.717, 1.165) is 6.26 Å². The second-order valence-corrected chi connectivity index (χ2v) is 6.77. The van der Waals surface area contributed by atoms with E-state index in [1.807, 2.05) is 0 Å². The van der Waals surface area contributed by atoms with Crippen molar-refractivity contribution >= 4 is 26.8 Å². The van der Waals surface area contributed by atoms with Crippen molar-refractivity contribution in [3.05, 3.63) is 18.2 Å². The average Bonchev–Trinajstić information content (AvgIpc) is 2.73. The van der Waals surface area contributed by atoms with E-state index in [2.05, 4.69) is 4.98 Å². The lowest BCUT2D eigenvalue weighted by atomic mass is 10.3. The van der Waals surface area contributed by atoms with Crippen LogP contribution in [0.3, 0.4) is 0 Å². The second kappa shape index (κ2) is 6.00. The highest BCUT2D eigenvalue weighted by Crippen LogP contribution is 2.25. The third kappa shape index (κ3) is 3.17. The summed E-state index contributed by atoms with van der Waals surface area (Å²) in [6, 6.07) is 4.98. The van der Waals surface area contributed by atoms with Gasteiger partial charge in [-0.2, -0.15) is 0 Å². The Balaban J connectivity index is 2.54. The zero-order valence-corrected chi connectivity index (χ0v) is 13.1. The third-order valence-corrected chi connectivity index (χ3v) is 4.37. The van der Waals surface area contributed by atoms with Crippen molar-refractivity contribution in [1.29, 1.82) is 0 Å². The van der Waals surface area contributed by atoms with Gasteiger partial charge in [0, 0.05) is 20.5 Å². The smallest absolute Gasteiger partial charge is 0.201 e. The van der Waals surface area contributed by atoms with Gasteiger partial charge >= 0.3 is 0 Å². The molecule has 1 atom stereocenters. The average molecular weight is 313 g/mol. The summed E-state index contributed by atoms with van der Waals surface area (Å²) < 4.78 is 35.8. The van der Waals surface area contributed by atoms with Gasteiger partial charge in [-0.3, -0.25) is 0 Å². The number of hydrogen-bond acceptors (Lipinski definition) is 6. The summed E-state index contributed by atoms with van der Waals surface area (Å²) in [6.45, 7) is 0.835. The van der Waals surface area contributed by atoms with Crippen LogP contribution in [0.15, 0.2) is 23.1 Å². The minimum atomic E-state index is -3.36. The third-order valence-electron chi connectivity index (χ3n) is 3.24. The first kappa shape index (κ1) is 15.7. The molecule has 2 aromatic rings. The highest BCUT2D eigenvalue weighted by molar-refractivity contribution is 7.91. The van der Waals surface area contributed by atoms with Gasteiger partial charge in [-0.05, 0) is 12.1 Å². The van der Waals surface area contributed by atoms with Crippen LogP contribution in [0, 0.1) is 0 Å². The van der Waals surface area contributed by atoms with Crippen LogP contribution in [0.5, 0.6) is 0 Å². The maximum absolute atomic E-state index is 11.8. The van der Waals surface area contributed by atoms with Crippen LogP contribution in [-0.2, 0) is 25.9 Å². The molecule has 1 aromatic carbocycles. The Morgan fingerprint density at radius 3 is 2.67 bits per heavy atom. The van der Waals surface area contributed by atoms with Gasteiger partial charge in [0.05, 0.1) is 29.7 Å². The monoisotopic (exact) mass is 313 g/mol. The van der Waals surface area contributed by atoms with E-state index in [4.69, 9.17) is 15.2 Å². The van der Waals surface area contributed by atoms with Crippen molar-refractivity contribution < 1.29 is 17.9 Å². The molecular weight excluding hydrogens is 294 g/mol. The molecule has 0 saturated carbocycles. The summed E-state index contributed by atoms with van der Waals surface area (Å²) >= 11 is 0. The molecule has 1 unspecified atom stereocenters. The van der Waals surface area contributed by atoms with Crippen molar-refractivity contribution in [2.45, 2.75) is 17.5 Å². The molecule has 2 N–H and O–H groups in total. The van der Waals surface area contributed by atoms with Crippen LogP contribution in [0.4, 0.5) is 5.95 Å². The number of nitrogens with two attached hydrogens (primary N) is 1. The molecule has 0 amide bonds. The summed E-state index contributed by atoms with van der Waals surface area (Å²) in [5.74, 6) is 0.249. The predicted molar refractivity (Wildman–Crippen MR) is 79.9 cm³/mol. The molecule has 1 aromatic heterocycles. The van der Waals surface area contributed by atoms with Crippen LogP contribution in [0.25, 0.3) is 11.0 Å². The number of rotatable bonds is 6. The SMILES string of the molecule is COCC(Cn1c(N)nc2c(S(C)(=O)=O)cccc21)OC. The topological polar surface area (TPSA) is 96.4 Å². The summed E-state index contributed by atoms with van der Waals surface area (Å²) in [5, 5.41) is 0. The number of nitrogen functional groups attached to an aromatic ring is 1. The fraction of sp³-hybridized carbons (Fsp3) is 0.462. The zero-order valence-electron chi connectivity index (χ0n) is 12.2. The summed E-state index contributed by atoms with van der Waals surface area (Å²) in [6.07, 6.45) is 0.955. The summed E-state index contributed by atoms with van der Waals surface area (Å²) in [4.78, 5) is 4.36. The Hall–Kier alpha value is -1.64. The van der Waals surface area contributed by atoms with Gasteiger partial charge < -0.3 is 19.8 Å². The largest absolute Gasteiger partial charge is 0.382 e. The normalized spacial score (nSPS) is 13.7. The lowest BCUT2D eigenvalue weighted by Crippen LogP contribution is -2.24. The first-order valence-corrected chi connectivity index (χ1v) is 8.24. The first-order chi connectivity index (χ1) is 9.88. The lowest BCUT2D eigenvalue weighted by Gasteiger charge is -2.16. The van der Waals surface area contributed by atoms with Crippen molar-refractivity contribution in [3.8, 4) is 0 Å². The molecule has 8 heteroatoms. The molecule has 0 fully saturated rings. The Morgan fingerprint density at radius 1 is 1.38 bits per heavy atom. The predicted octanol–water partition coefficient (Wildman–Crippen LogP) is 0.683. The molecule has 0 aliphatic carbocycles. The number of hydrogen-bond donors (Lipinski definition) is 1. The zero-order chi connectivity index (χ0) is 15.6. The number of imidazole rings is 1. The molecule has 7 nitrogen and oxygen atoms in total. The second-order valence-electron chi connectivity index (χ2n) is 4.79. The number of fused-ring (bicyclic) bond motifs is 1. The number of sulfone groups is 1. The van der Waals surface area contributed by atoms with Gasteiger partial charge in [0.2, 0.25) is 5.95 Å². The minimum Gasteiger partial charge on any atom is -0.382 e. The number of para-hydroxylation sites is 1. The van der Waals surface area contributed by atoms with Gasteiger partial charge in [0.25, 0.3) is 0 Å². The van der Waals surface area contributed by atoms with E-state index >= 15 is 0 Å². The standard InChI is InChI=1S/C13H19N3O4S/c1-19-8-9(20-2)7-16-10-5-4-6-11(21(3,17)18)12(10)15-13(16)14/h4-6,9H,7-8H2,1-3H3,(H2,14,15). The number of benzene rings is 1. The van der Waals surface area contributed by atoms with Crippen molar-refractivity contribution in [1.82, 2.24) is 9.55 Å². The molecule has 2 rings (SSSR count). The summed E-state index contributed by atoms with van der Waals surface area (Å²) in [5.41, 5.74) is 6.97. The van der Waals surface area contributed by atoms with Crippen molar-refractivity contribution in [3.63, 3.8) is 0 Å². The van der Waals surface area contributed by atoms with Gasteiger partial charge in [0.15, 0.2) is 9.84 Å². The molecule has 0 radical (unpaired) electrons. The van der Waals surface area contributed by atoms with E-state index in [0.29, 0.717) is 24.2 Å². The Morgan fingerprint density at radius 2 is 2.10 bits per heavy atom. The van der Waals surface area contributed by atoms with Crippen LogP contribution >= 0.6 is 0 Å². The fourth-order valence-electron chi connectivity index (χ4n) is 2.22. The molecule has 0 spiro atoms. The van der Waals surface area contributed by atoms with Gasteiger partial charge in [-0.1, -0.05) is 6.07 Å². The van der Waals surface area contributed by atoms with E-state index in [1.165, 1.54) is 6.07 Å². The number of nitrogens with zero attached hydrogens (tertiary/aromatic N) is 2. The molecule has 1 heterocycles. The maximum Gasteiger partial charge on any atom is 0.201 e. The van der Waals surface area contributed by atoms with Crippen LogP contribution in [0.1, 0.15) is 0 Å². The van der Waals surface area contributed by atoms with E-state index in [9.17, 15) is 8.42 Å². The summed E-state index contributed by atoms with van der Waals surface area (Å²) in [7, 11) is -0.194. The van der Waals surface area contributed by atoms with E-state index in [1.54, 1.807) is 30.9 Å². The Kier molecular flexibility index (Phi) is 4.50. The minimum absolute atomic E-state index is 0.172. The van der Waals surface area contributed by atoms with Crippen LogP contribution < -0.4 is 5.73 Å². The highest BCUT2D eigenvalue weighted by atomic mass is 32.2. The molecule has 0 aliphatic rings. The van der Waals surface area contributed by atoms with Crippen LogP contribution in [-0.4, -0.2) is 51.2 Å². The first-order valence-electron chi connectivity index (χ1n) is 6.35. The van der Waals surface area contributed by atoms with E-state index in [-0.39, 0.29) is 16.9 Å². The van der Waals surface area contributed by atoms with E-state index < -0.39 is 9.84 Å². The molecule has 21 heavy (non-hydrogen) atoms. The van der Waals surface area contributed by atoms with Crippen molar-refractivity contribution in [2.75, 3.05) is 32.8 Å². The molecule has 116 valence electrons. The van der Waals surface area contributed by atoms with Crippen LogP contribution in [0.2, 0.25) is 0 Å². The Labute approximate surface area is 123 Å². The molecule has 0 bridgehead atoms. The quantitative estimate of drug-likeness (QED) is 0.842. The fourth-order valence-corrected chi connectivity index (χ4v) is 3.04. The molecule has 0 aliphatic heterocycles. The van der Waals surface area contributed by atoms with Gasteiger partial charge in [0.1, 0.15) is 5.52 Å². The van der Waals surface area contributed by atoms with Gasteiger partial charge in [-0.15, -0.1) is 0 Å². The lowest BCUT2D eigenvalue weighted by molar-refractivity contribution is 0.0193. The van der Waals surface area contributed by atoms with Crippen molar-refractivity contribution in [2.24, 2.45) is 0 Å². The Bertz CT molecular complexity index is 739. The molecular formula is C13H19N3O4S. The highest BCUT2D eigenvalue weighted by Gasteiger charge is 2.19. The number of anilines is 1. The molecule has 0 saturated heterocycles. The number of ether oxygens (including phenoxy) is 2. The number of methoxy groups -OCH3 is 2. The maximum atomic E-state index is 11.8. The number of aromatic nitrogens is 2.